The zero-order valence-electron chi connectivity index (χ0n) is 18.2. The largest absolute Gasteiger partial charge is 0.0628 e. The monoisotopic (exact) mass is 338 g/mol. The predicted molar refractivity (Wildman–Crippen MR) is 113 cm³/mol. The summed E-state index contributed by atoms with van der Waals surface area (Å²) in [5, 5.41) is 0. The molecular weight excluding hydrogens is 288 g/mol. The average molecular weight is 339 g/mol. The Morgan fingerprint density at radius 2 is 0.625 bits per heavy atom. The van der Waals surface area contributed by atoms with E-state index in [0.29, 0.717) is 0 Å². The first kappa shape index (κ1) is 24.0. The lowest BCUT2D eigenvalue weighted by atomic mass is 9.94. The minimum Gasteiger partial charge on any atom is -0.0628 e. The van der Waals surface area contributed by atoms with Crippen LogP contribution in [-0.2, 0) is 0 Å². The Labute approximate surface area is 155 Å². The molecule has 0 radical (unpaired) electrons. The van der Waals surface area contributed by atoms with E-state index in [1.165, 1.54) is 89.9 Å². The van der Waals surface area contributed by atoms with E-state index in [1.54, 1.807) is 0 Å². The highest BCUT2D eigenvalue weighted by Crippen LogP contribution is 2.20. The van der Waals surface area contributed by atoms with E-state index >= 15 is 0 Å². The molecule has 0 fully saturated rings. The van der Waals surface area contributed by atoms with Gasteiger partial charge < -0.3 is 0 Å². The molecule has 0 aliphatic rings. The van der Waals surface area contributed by atoms with E-state index in [4.69, 9.17) is 0 Å². The summed E-state index contributed by atoms with van der Waals surface area (Å²) in [5.41, 5.74) is 0. The maximum Gasteiger partial charge on any atom is -0.0443 e. The van der Waals surface area contributed by atoms with Crippen LogP contribution in [0.3, 0.4) is 0 Å². The molecule has 0 aliphatic carbocycles. The molecule has 146 valence electrons. The maximum absolute atomic E-state index is 2.46. The molecule has 24 heavy (non-hydrogen) atoms. The van der Waals surface area contributed by atoms with Gasteiger partial charge in [-0.05, 0) is 23.7 Å². The van der Waals surface area contributed by atoms with E-state index in [2.05, 4.69) is 41.5 Å². The maximum atomic E-state index is 2.46. The summed E-state index contributed by atoms with van der Waals surface area (Å²) >= 11 is 0. The number of hydrogen-bond donors (Lipinski definition) is 0. The van der Waals surface area contributed by atoms with Gasteiger partial charge in [0.1, 0.15) is 0 Å². The van der Waals surface area contributed by atoms with Crippen molar-refractivity contribution in [2.75, 3.05) is 0 Å². The lowest BCUT2D eigenvalue weighted by Crippen LogP contribution is -1.97. The van der Waals surface area contributed by atoms with E-state index in [-0.39, 0.29) is 0 Å². The van der Waals surface area contributed by atoms with Gasteiger partial charge in [-0.1, -0.05) is 131 Å². The van der Waals surface area contributed by atoms with Crippen LogP contribution in [0, 0.1) is 23.7 Å². The Hall–Kier alpha value is 0. The van der Waals surface area contributed by atoms with Crippen molar-refractivity contribution in [2.24, 2.45) is 23.7 Å². The zero-order chi connectivity index (χ0) is 18.2. The van der Waals surface area contributed by atoms with E-state index in [9.17, 15) is 0 Å². The van der Waals surface area contributed by atoms with Gasteiger partial charge in [0.05, 0.1) is 0 Å². The molecule has 2 unspecified atom stereocenters. The molecule has 0 aromatic heterocycles. The molecule has 0 N–H and O–H groups in total. The van der Waals surface area contributed by atoms with Gasteiger partial charge in [0.2, 0.25) is 0 Å². The SMILES string of the molecule is CC(C)CCCC(C)CCCCCCCCC(C)CCCC(C)C. The lowest BCUT2D eigenvalue weighted by molar-refractivity contribution is 0.408. The van der Waals surface area contributed by atoms with Crippen molar-refractivity contribution in [2.45, 2.75) is 131 Å². The second-order valence-electron chi connectivity index (χ2n) is 9.56. The molecule has 0 saturated heterocycles. The first-order valence-corrected chi connectivity index (χ1v) is 11.4. The summed E-state index contributed by atoms with van der Waals surface area (Å²) in [6.45, 7) is 14.3. The van der Waals surface area contributed by atoms with Crippen molar-refractivity contribution < 1.29 is 0 Å². The second-order valence-corrected chi connectivity index (χ2v) is 9.56. The molecule has 0 saturated carbocycles. The van der Waals surface area contributed by atoms with Crippen LogP contribution in [0.15, 0.2) is 0 Å². The van der Waals surface area contributed by atoms with Gasteiger partial charge >= 0.3 is 0 Å². The highest BCUT2D eigenvalue weighted by atomic mass is 14.1. The van der Waals surface area contributed by atoms with Crippen molar-refractivity contribution in [1.82, 2.24) is 0 Å². The normalized spacial score (nSPS) is 14.5. The molecule has 0 bridgehead atoms. The van der Waals surface area contributed by atoms with Crippen molar-refractivity contribution in [3.63, 3.8) is 0 Å². The zero-order valence-corrected chi connectivity index (χ0v) is 18.2. The third-order valence-electron chi connectivity index (χ3n) is 5.60. The molecule has 0 rings (SSSR count). The molecule has 0 nitrogen and oxygen atoms in total. The van der Waals surface area contributed by atoms with Gasteiger partial charge in [0, 0.05) is 0 Å². The van der Waals surface area contributed by atoms with Crippen LogP contribution in [0.4, 0.5) is 0 Å². The van der Waals surface area contributed by atoms with Crippen LogP contribution in [0.25, 0.3) is 0 Å². The van der Waals surface area contributed by atoms with E-state index < -0.39 is 0 Å². The quantitative estimate of drug-likeness (QED) is 0.232. The summed E-state index contributed by atoms with van der Waals surface area (Å²) in [6.07, 6.45) is 20.4. The first-order valence-electron chi connectivity index (χ1n) is 11.4. The fraction of sp³-hybridized carbons (Fsp3) is 1.00. The molecule has 0 heterocycles. The van der Waals surface area contributed by atoms with Gasteiger partial charge in [-0.15, -0.1) is 0 Å². The Balaban J connectivity index is 3.27. The number of unbranched alkanes of at least 4 members (excludes halogenated alkanes) is 5. The molecule has 0 amide bonds. The smallest absolute Gasteiger partial charge is 0.0443 e. The summed E-state index contributed by atoms with van der Waals surface area (Å²) in [5.74, 6) is 3.68. The molecular formula is C24H50. The van der Waals surface area contributed by atoms with Crippen LogP contribution in [0.2, 0.25) is 0 Å². The fourth-order valence-corrected chi connectivity index (χ4v) is 3.73. The van der Waals surface area contributed by atoms with Crippen LogP contribution in [0.5, 0.6) is 0 Å². The standard InChI is InChI=1S/C24H50/c1-21(2)15-13-19-23(5)17-11-9-7-8-10-12-18-24(6)20-14-16-22(3)4/h21-24H,7-20H2,1-6H3. The highest BCUT2D eigenvalue weighted by Gasteiger charge is 2.04. The molecule has 0 spiro atoms. The van der Waals surface area contributed by atoms with Crippen molar-refractivity contribution in [3.05, 3.63) is 0 Å². The van der Waals surface area contributed by atoms with Crippen LogP contribution in [-0.4, -0.2) is 0 Å². The van der Waals surface area contributed by atoms with E-state index in [0.717, 1.165) is 23.7 Å². The van der Waals surface area contributed by atoms with Gasteiger partial charge in [-0.3, -0.25) is 0 Å². The van der Waals surface area contributed by atoms with Gasteiger partial charge in [-0.25, -0.2) is 0 Å². The summed E-state index contributed by atoms with van der Waals surface area (Å²) in [7, 11) is 0. The van der Waals surface area contributed by atoms with Crippen LogP contribution in [0.1, 0.15) is 131 Å². The average Bonchev–Trinajstić information content (AvgIpc) is 2.49. The Bertz CT molecular complexity index is 214. The van der Waals surface area contributed by atoms with E-state index in [1.807, 2.05) is 0 Å². The Morgan fingerprint density at radius 3 is 0.958 bits per heavy atom. The van der Waals surface area contributed by atoms with Gasteiger partial charge in [-0.2, -0.15) is 0 Å². The topological polar surface area (TPSA) is 0 Å². The van der Waals surface area contributed by atoms with Gasteiger partial charge in [0.25, 0.3) is 0 Å². The lowest BCUT2D eigenvalue weighted by Gasteiger charge is -2.13. The van der Waals surface area contributed by atoms with Crippen molar-refractivity contribution in [1.29, 1.82) is 0 Å². The fourth-order valence-electron chi connectivity index (χ4n) is 3.73. The third-order valence-corrected chi connectivity index (χ3v) is 5.60. The summed E-state index contributed by atoms with van der Waals surface area (Å²) in [4.78, 5) is 0. The van der Waals surface area contributed by atoms with Crippen LogP contribution < -0.4 is 0 Å². The van der Waals surface area contributed by atoms with Gasteiger partial charge in [0.15, 0.2) is 0 Å². The van der Waals surface area contributed by atoms with Crippen molar-refractivity contribution in [3.8, 4) is 0 Å². The minimum atomic E-state index is 0.884. The number of hydrogen-bond acceptors (Lipinski definition) is 0. The number of rotatable bonds is 17. The summed E-state index contributed by atoms with van der Waals surface area (Å²) < 4.78 is 0. The Kier molecular flexibility index (Phi) is 16.5. The van der Waals surface area contributed by atoms with Crippen molar-refractivity contribution >= 4 is 0 Å². The van der Waals surface area contributed by atoms with Crippen LogP contribution >= 0.6 is 0 Å². The Morgan fingerprint density at radius 1 is 0.333 bits per heavy atom. The third kappa shape index (κ3) is 18.3. The summed E-state index contributed by atoms with van der Waals surface area (Å²) in [6, 6.07) is 0. The predicted octanol–water partition coefficient (Wildman–Crippen LogP) is 9.03. The molecule has 0 heteroatoms. The molecule has 0 aromatic rings. The first-order chi connectivity index (χ1) is 11.4. The second kappa shape index (κ2) is 16.5. The molecule has 0 aliphatic heterocycles. The molecule has 2 atom stereocenters. The highest BCUT2D eigenvalue weighted by molar-refractivity contribution is 4.58. The molecule has 0 aromatic carbocycles. The minimum absolute atomic E-state index is 0.884.